The number of amides is 2. The predicted molar refractivity (Wildman–Crippen MR) is 190 cm³/mol. The lowest BCUT2D eigenvalue weighted by Gasteiger charge is -2.22. The van der Waals surface area contributed by atoms with Gasteiger partial charge in [-0.1, -0.05) is 50.5 Å². The SMILES string of the molecule is CCCCCCOC(=O)NC(=N)c1ccc(NCCc2cccc(C(=O)N(CCC(=O)Oc3cccc(OC)c3)c3ccccn3)c2)cc1. The molecule has 49 heavy (non-hydrogen) atoms. The molecule has 0 aliphatic heterocycles. The van der Waals surface area contributed by atoms with Gasteiger partial charge in [0.2, 0.25) is 0 Å². The van der Waals surface area contributed by atoms with E-state index in [0.29, 0.717) is 48.0 Å². The number of unbranched alkanes of at least 4 members (excludes halogenated alkanes) is 3. The average molecular weight is 666 g/mol. The second-order valence-corrected chi connectivity index (χ2v) is 11.2. The molecule has 0 atom stereocenters. The van der Waals surface area contributed by atoms with E-state index in [1.54, 1.807) is 66.9 Å². The van der Waals surface area contributed by atoms with Crippen molar-refractivity contribution >= 4 is 35.3 Å². The van der Waals surface area contributed by atoms with Crippen LogP contribution < -0.4 is 25.0 Å². The fraction of sp³-hybridized carbons (Fsp3) is 0.289. The van der Waals surface area contributed by atoms with E-state index in [2.05, 4.69) is 22.5 Å². The van der Waals surface area contributed by atoms with Gasteiger partial charge < -0.3 is 19.5 Å². The Hall–Kier alpha value is -5.71. The average Bonchev–Trinajstić information content (AvgIpc) is 3.12. The van der Waals surface area contributed by atoms with Gasteiger partial charge in [-0.15, -0.1) is 0 Å². The largest absolute Gasteiger partial charge is 0.497 e. The molecule has 2 amide bonds. The van der Waals surface area contributed by atoms with E-state index in [1.807, 2.05) is 30.3 Å². The van der Waals surface area contributed by atoms with Crippen molar-refractivity contribution in [1.82, 2.24) is 10.3 Å². The van der Waals surface area contributed by atoms with E-state index in [0.717, 1.165) is 36.9 Å². The molecule has 0 saturated carbocycles. The molecule has 0 radical (unpaired) electrons. The lowest BCUT2D eigenvalue weighted by atomic mass is 10.1. The van der Waals surface area contributed by atoms with E-state index in [9.17, 15) is 14.4 Å². The summed E-state index contributed by atoms with van der Waals surface area (Å²) in [4.78, 5) is 44.2. The third-order valence-electron chi connectivity index (χ3n) is 7.53. The van der Waals surface area contributed by atoms with Crippen LogP contribution in [-0.2, 0) is 16.0 Å². The van der Waals surface area contributed by atoms with Crippen molar-refractivity contribution in [3.8, 4) is 11.5 Å². The highest BCUT2D eigenvalue weighted by atomic mass is 16.5. The quantitative estimate of drug-likeness (QED) is 0.0359. The number of alkyl carbamates (subject to hydrolysis) is 1. The van der Waals surface area contributed by atoms with Crippen LogP contribution in [0.25, 0.3) is 0 Å². The molecule has 3 N–H and O–H groups in total. The van der Waals surface area contributed by atoms with Gasteiger partial charge in [0.05, 0.1) is 20.1 Å². The zero-order chi connectivity index (χ0) is 34.8. The van der Waals surface area contributed by atoms with E-state index in [-0.39, 0.29) is 24.7 Å². The van der Waals surface area contributed by atoms with Crippen LogP contribution in [0.1, 0.15) is 60.5 Å². The zero-order valence-electron chi connectivity index (χ0n) is 27.9. The van der Waals surface area contributed by atoms with Gasteiger partial charge in [-0.3, -0.25) is 25.2 Å². The lowest BCUT2D eigenvalue weighted by Crippen LogP contribution is -2.34. The number of rotatable bonds is 17. The molecule has 0 spiro atoms. The summed E-state index contributed by atoms with van der Waals surface area (Å²) in [5.41, 5.74) is 2.84. The number of methoxy groups -OCH3 is 1. The molecule has 1 aromatic heterocycles. The summed E-state index contributed by atoms with van der Waals surface area (Å²) in [6.07, 6.45) is 5.60. The van der Waals surface area contributed by atoms with E-state index >= 15 is 0 Å². The second-order valence-electron chi connectivity index (χ2n) is 11.2. The minimum atomic E-state index is -0.625. The first-order chi connectivity index (χ1) is 23.9. The van der Waals surface area contributed by atoms with Crippen LogP contribution in [0.3, 0.4) is 0 Å². The number of carbonyl (C=O) groups is 3. The van der Waals surface area contributed by atoms with Gasteiger partial charge in [0.25, 0.3) is 5.91 Å². The Morgan fingerprint density at radius 3 is 2.41 bits per heavy atom. The number of benzene rings is 3. The summed E-state index contributed by atoms with van der Waals surface area (Å²) < 4.78 is 15.8. The van der Waals surface area contributed by atoms with Crippen LogP contribution in [0.5, 0.6) is 11.5 Å². The first-order valence-electron chi connectivity index (χ1n) is 16.4. The maximum atomic E-state index is 13.7. The molecule has 4 rings (SSSR count). The molecule has 0 fully saturated rings. The summed E-state index contributed by atoms with van der Waals surface area (Å²) in [7, 11) is 1.54. The highest BCUT2D eigenvalue weighted by Crippen LogP contribution is 2.21. The number of nitrogens with zero attached hydrogens (tertiary/aromatic N) is 2. The number of hydrogen-bond donors (Lipinski definition) is 3. The van der Waals surface area contributed by atoms with Crippen molar-refractivity contribution < 1.29 is 28.6 Å². The van der Waals surface area contributed by atoms with Crippen LogP contribution in [0.15, 0.2) is 97.2 Å². The number of aromatic nitrogens is 1. The maximum absolute atomic E-state index is 13.7. The fourth-order valence-electron chi connectivity index (χ4n) is 4.91. The van der Waals surface area contributed by atoms with Crippen molar-refractivity contribution in [2.75, 3.05) is 37.0 Å². The Balaban J connectivity index is 1.29. The molecule has 11 heteroatoms. The van der Waals surface area contributed by atoms with Gasteiger partial charge in [-0.2, -0.15) is 0 Å². The molecule has 0 aliphatic rings. The summed E-state index contributed by atoms with van der Waals surface area (Å²) in [5.74, 6) is 0.564. The fourth-order valence-corrected chi connectivity index (χ4v) is 4.91. The van der Waals surface area contributed by atoms with Crippen molar-refractivity contribution in [2.24, 2.45) is 0 Å². The minimum Gasteiger partial charge on any atom is -0.497 e. The number of pyridine rings is 1. The Bertz CT molecular complexity index is 1680. The summed E-state index contributed by atoms with van der Waals surface area (Å²) in [6.45, 7) is 3.13. The van der Waals surface area contributed by atoms with E-state index in [4.69, 9.17) is 19.6 Å². The van der Waals surface area contributed by atoms with Gasteiger partial charge in [-0.25, -0.2) is 9.78 Å². The molecule has 0 bridgehead atoms. The number of amidine groups is 1. The number of carbonyl (C=O) groups excluding carboxylic acids is 3. The number of anilines is 2. The van der Waals surface area contributed by atoms with Crippen molar-refractivity contribution in [1.29, 1.82) is 5.41 Å². The number of nitrogens with one attached hydrogen (secondary N) is 3. The van der Waals surface area contributed by atoms with Crippen LogP contribution in [0, 0.1) is 5.41 Å². The molecule has 3 aromatic carbocycles. The maximum Gasteiger partial charge on any atom is 0.412 e. The van der Waals surface area contributed by atoms with Gasteiger partial charge in [-0.05, 0) is 79.1 Å². The first kappa shape index (κ1) is 36.1. The minimum absolute atomic E-state index is 0.0277. The van der Waals surface area contributed by atoms with Gasteiger partial charge in [0.15, 0.2) is 0 Å². The molecular formula is C38H43N5O6. The predicted octanol–water partition coefficient (Wildman–Crippen LogP) is 7.02. The second kappa shape index (κ2) is 19.2. The van der Waals surface area contributed by atoms with Crippen LogP contribution in [0.4, 0.5) is 16.3 Å². The highest BCUT2D eigenvalue weighted by molar-refractivity contribution is 6.06. The first-order valence-corrected chi connectivity index (χ1v) is 16.4. The number of esters is 1. The molecule has 0 saturated heterocycles. The van der Waals surface area contributed by atoms with E-state index in [1.165, 1.54) is 12.0 Å². The summed E-state index contributed by atoms with van der Waals surface area (Å²) in [6, 6.07) is 26.6. The highest BCUT2D eigenvalue weighted by Gasteiger charge is 2.21. The molecule has 256 valence electrons. The number of hydrogen-bond acceptors (Lipinski definition) is 9. The molecule has 0 aliphatic carbocycles. The van der Waals surface area contributed by atoms with Crippen molar-refractivity contribution in [3.05, 3.63) is 114 Å². The monoisotopic (exact) mass is 665 g/mol. The number of ether oxygens (including phenoxy) is 3. The molecule has 4 aromatic rings. The Morgan fingerprint density at radius 1 is 0.857 bits per heavy atom. The topological polar surface area (TPSA) is 143 Å². The molecule has 1 heterocycles. The van der Waals surface area contributed by atoms with Gasteiger partial charge >= 0.3 is 12.1 Å². The summed E-state index contributed by atoms with van der Waals surface area (Å²) in [5, 5.41) is 14.0. The lowest BCUT2D eigenvalue weighted by molar-refractivity contribution is -0.134. The molecule has 11 nitrogen and oxygen atoms in total. The third-order valence-corrected chi connectivity index (χ3v) is 7.53. The van der Waals surface area contributed by atoms with Crippen molar-refractivity contribution in [2.45, 2.75) is 45.4 Å². The third kappa shape index (κ3) is 11.8. The zero-order valence-corrected chi connectivity index (χ0v) is 27.9. The normalized spacial score (nSPS) is 10.5. The molecule has 0 unspecified atom stereocenters. The van der Waals surface area contributed by atoms with Gasteiger partial charge in [0.1, 0.15) is 23.2 Å². The Morgan fingerprint density at radius 2 is 1.65 bits per heavy atom. The van der Waals surface area contributed by atoms with Crippen LogP contribution in [-0.4, -0.2) is 55.6 Å². The van der Waals surface area contributed by atoms with Crippen LogP contribution >= 0.6 is 0 Å². The standard InChI is InChI=1S/C38H43N5O6/c1-3-4-5-8-25-48-38(46)42-36(39)29-16-18-31(19-17-29)40-23-20-28-11-9-12-30(26-28)37(45)43(34-15-6-7-22-41-34)24-21-35(44)49-33-14-10-13-32(27-33)47-2/h6-7,9-19,22,26-27,40H,3-5,8,20-21,23-25H2,1-2H3,(H2,39,42,46). The Labute approximate surface area is 287 Å². The summed E-state index contributed by atoms with van der Waals surface area (Å²) >= 11 is 0. The Kier molecular flexibility index (Phi) is 14.2. The van der Waals surface area contributed by atoms with E-state index < -0.39 is 12.1 Å². The van der Waals surface area contributed by atoms with Crippen LogP contribution in [0.2, 0.25) is 0 Å². The van der Waals surface area contributed by atoms with Gasteiger partial charge in [0, 0.05) is 42.2 Å². The molecular weight excluding hydrogens is 622 g/mol. The smallest absolute Gasteiger partial charge is 0.412 e. The van der Waals surface area contributed by atoms with Crippen molar-refractivity contribution in [3.63, 3.8) is 0 Å².